The molecule has 0 spiro atoms. The summed E-state index contributed by atoms with van der Waals surface area (Å²) in [6.07, 6.45) is 3.32. The molecule has 2 atom stereocenters. The van der Waals surface area contributed by atoms with Crippen molar-refractivity contribution in [3.05, 3.63) is 64.3 Å². The number of nitrogens with one attached hydrogen (secondary N) is 3. The highest BCUT2D eigenvalue weighted by molar-refractivity contribution is 9.10. The van der Waals surface area contributed by atoms with Gasteiger partial charge in [0.05, 0.1) is 22.2 Å². The number of aliphatic imine (C=N–C) groups is 1. The molecule has 2 heterocycles. The van der Waals surface area contributed by atoms with Crippen LogP contribution in [-0.4, -0.2) is 62.3 Å². The molecule has 1 aliphatic carbocycles. The van der Waals surface area contributed by atoms with Crippen molar-refractivity contribution in [2.75, 3.05) is 12.3 Å². The van der Waals surface area contributed by atoms with Crippen molar-refractivity contribution in [1.29, 1.82) is 0 Å². The van der Waals surface area contributed by atoms with Crippen molar-refractivity contribution in [1.82, 2.24) is 31.4 Å². The van der Waals surface area contributed by atoms with Crippen LogP contribution in [0, 0.1) is 5.82 Å². The number of thioether (sulfide) groups is 1. The van der Waals surface area contributed by atoms with E-state index in [0.29, 0.717) is 29.6 Å². The van der Waals surface area contributed by atoms with Crippen molar-refractivity contribution in [3.8, 4) is 0 Å². The Bertz CT molecular complexity index is 1240. The number of Topliss-reactive ketones (excluding diaryl/α,β-unsaturated/α-hetero) is 2. The lowest BCUT2D eigenvalue weighted by Gasteiger charge is -2.34. The van der Waals surface area contributed by atoms with Gasteiger partial charge in [-0.15, -0.1) is 0 Å². The number of nitrogens with zero attached hydrogens (tertiary/aromatic N) is 4. The predicted molar refractivity (Wildman–Crippen MR) is 127 cm³/mol. The summed E-state index contributed by atoms with van der Waals surface area (Å²) in [5.74, 6) is -0.946. The number of carbonyl (C=O) groups is 2. The van der Waals surface area contributed by atoms with Crippen LogP contribution >= 0.6 is 27.7 Å². The Hall–Kier alpha value is -3.04. The number of aromatic nitrogens is 3. The summed E-state index contributed by atoms with van der Waals surface area (Å²) < 4.78 is 18.5. The normalized spacial score (nSPS) is 18.0. The maximum atomic E-state index is 13.5. The van der Waals surface area contributed by atoms with Gasteiger partial charge in [0.25, 0.3) is 0 Å². The van der Waals surface area contributed by atoms with Crippen molar-refractivity contribution in [3.63, 3.8) is 0 Å². The van der Waals surface area contributed by atoms with Gasteiger partial charge in [0.2, 0.25) is 11.6 Å². The van der Waals surface area contributed by atoms with Crippen LogP contribution in [-0.2, 0) is 16.1 Å². The maximum absolute atomic E-state index is 13.5. The summed E-state index contributed by atoms with van der Waals surface area (Å²) in [4.78, 5) is 32.2. The van der Waals surface area contributed by atoms with Crippen molar-refractivity contribution in [2.24, 2.45) is 4.99 Å². The topological polar surface area (TPSA) is 155 Å². The average molecular weight is 564 g/mol. The summed E-state index contributed by atoms with van der Waals surface area (Å²) in [6.45, 7) is 0.825. The number of ketones is 2. The number of hydrogen-bond donors (Lipinski definition) is 4. The fourth-order valence-electron chi connectivity index (χ4n) is 3.26. The van der Waals surface area contributed by atoms with Crippen molar-refractivity contribution >= 4 is 50.8 Å². The van der Waals surface area contributed by atoms with Crippen LogP contribution in [0.3, 0.4) is 0 Å². The molecule has 2 unspecified atom stereocenters. The SMILES string of the molecule is O=C1C(=O)C(NCc2ccncc2)C1NCCSc1nonc1C(=Nc1ccc(F)c(Br)c1)NO. The van der Waals surface area contributed by atoms with Crippen LogP contribution in [0.2, 0.25) is 0 Å². The maximum Gasteiger partial charge on any atom is 0.219 e. The van der Waals surface area contributed by atoms with Gasteiger partial charge in [-0.1, -0.05) is 11.8 Å². The number of hydroxylamine groups is 1. The molecule has 0 bridgehead atoms. The van der Waals surface area contributed by atoms with Gasteiger partial charge in [0.15, 0.2) is 16.6 Å². The van der Waals surface area contributed by atoms with E-state index < -0.39 is 29.5 Å². The van der Waals surface area contributed by atoms with Gasteiger partial charge in [-0.3, -0.25) is 25.3 Å². The van der Waals surface area contributed by atoms with Crippen LogP contribution in [0.15, 0.2) is 61.8 Å². The molecule has 14 heteroatoms. The number of rotatable bonds is 10. The zero-order valence-electron chi connectivity index (χ0n) is 17.9. The summed E-state index contributed by atoms with van der Waals surface area (Å²) in [7, 11) is 0. The smallest absolute Gasteiger partial charge is 0.219 e. The number of hydrogen-bond acceptors (Lipinski definition) is 11. The number of benzene rings is 1. The summed E-state index contributed by atoms with van der Waals surface area (Å²) in [6, 6.07) is 6.53. The summed E-state index contributed by atoms with van der Waals surface area (Å²) >= 11 is 4.33. The van der Waals surface area contributed by atoms with Crippen LogP contribution in [0.4, 0.5) is 10.1 Å². The molecular formula is C21H19BrFN7O4S. The molecule has 1 aliphatic rings. The van der Waals surface area contributed by atoms with Crippen LogP contribution in [0.1, 0.15) is 11.3 Å². The fraction of sp³-hybridized carbons (Fsp3) is 0.238. The van der Waals surface area contributed by atoms with Gasteiger partial charge in [0.1, 0.15) is 5.82 Å². The third-order valence-corrected chi connectivity index (χ3v) is 6.61. The number of amidine groups is 1. The van der Waals surface area contributed by atoms with Crippen molar-refractivity contribution in [2.45, 2.75) is 23.7 Å². The van der Waals surface area contributed by atoms with Crippen molar-refractivity contribution < 1.29 is 23.8 Å². The number of halogens is 2. The monoisotopic (exact) mass is 563 g/mol. The van der Waals surface area contributed by atoms with E-state index >= 15 is 0 Å². The Labute approximate surface area is 211 Å². The van der Waals surface area contributed by atoms with E-state index in [1.54, 1.807) is 12.4 Å². The second-order valence-electron chi connectivity index (χ2n) is 7.31. The van der Waals surface area contributed by atoms with Gasteiger partial charge >= 0.3 is 0 Å². The molecule has 3 aromatic rings. The lowest BCUT2D eigenvalue weighted by molar-refractivity contribution is -0.147. The van der Waals surface area contributed by atoms with E-state index in [2.05, 4.69) is 46.9 Å². The van der Waals surface area contributed by atoms with Crippen LogP contribution < -0.4 is 16.1 Å². The Morgan fingerprint density at radius 3 is 2.60 bits per heavy atom. The Morgan fingerprint density at radius 1 is 1.14 bits per heavy atom. The predicted octanol–water partition coefficient (Wildman–Crippen LogP) is 1.78. The first-order valence-electron chi connectivity index (χ1n) is 10.3. The van der Waals surface area contributed by atoms with Gasteiger partial charge in [-0.05, 0) is 62.1 Å². The van der Waals surface area contributed by atoms with E-state index in [9.17, 15) is 19.2 Å². The minimum atomic E-state index is -0.618. The second-order valence-corrected chi connectivity index (χ2v) is 9.25. The van der Waals surface area contributed by atoms with E-state index in [4.69, 9.17) is 4.63 Å². The highest BCUT2D eigenvalue weighted by Gasteiger charge is 2.48. The number of pyridine rings is 1. The molecule has 11 nitrogen and oxygen atoms in total. The Kier molecular flexibility index (Phi) is 8.30. The Balaban J connectivity index is 1.31. The molecule has 35 heavy (non-hydrogen) atoms. The largest absolute Gasteiger partial charge is 0.305 e. The second kappa shape index (κ2) is 11.6. The quantitative estimate of drug-likeness (QED) is 0.0712. The minimum Gasteiger partial charge on any atom is -0.305 e. The van der Waals surface area contributed by atoms with Crippen LogP contribution in [0.5, 0.6) is 0 Å². The lowest BCUT2D eigenvalue weighted by atomic mass is 9.83. The van der Waals surface area contributed by atoms with Gasteiger partial charge in [-0.2, -0.15) is 0 Å². The third-order valence-electron chi connectivity index (χ3n) is 5.05. The zero-order valence-corrected chi connectivity index (χ0v) is 20.3. The van der Waals surface area contributed by atoms with Gasteiger partial charge in [-0.25, -0.2) is 14.0 Å². The standard InChI is InChI=1S/C21H19BrFN7O4S/c22-13-9-12(1-2-14(13)23)27-20(28-33)17-21(30-34-29-17)35-8-7-25-15-16(19(32)18(15)31)26-10-11-3-5-24-6-4-11/h1-6,9,15-16,25-26,33H,7-8,10H2,(H,27,28). The highest BCUT2D eigenvalue weighted by atomic mass is 79.9. The molecule has 1 saturated carbocycles. The average Bonchev–Trinajstić information content (AvgIpc) is 3.34. The zero-order chi connectivity index (χ0) is 24.8. The molecular weight excluding hydrogens is 545 g/mol. The highest BCUT2D eigenvalue weighted by Crippen LogP contribution is 2.24. The number of carbonyl (C=O) groups excluding carboxylic acids is 2. The Morgan fingerprint density at radius 2 is 1.89 bits per heavy atom. The lowest BCUT2D eigenvalue weighted by Crippen LogP contribution is -2.69. The van der Waals surface area contributed by atoms with E-state index in [1.807, 2.05) is 17.6 Å². The molecule has 0 amide bonds. The fourth-order valence-corrected chi connectivity index (χ4v) is 4.40. The first-order chi connectivity index (χ1) is 17.0. The molecule has 0 radical (unpaired) electrons. The third kappa shape index (κ3) is 5.97. The summed E-state index contributed by atoms with van der Waals surface area (Å²) in [5, 5.41) is 23.7. The molecule has 1 fully saturated rings. The van der Waals surface area contributed by atoms with Gasteiger partial charge in [0, 0.05) is 31.2 Å². The molecule has 0 aliphatic heterocycles. The molecule has 4 rings (SSSR count). The van der Waals surface area contributed by atoms with E-state index in [-0.39, 0.29) is 16.0 Å². The summed E-state index contributed by atoms with van der Waals surface area (Å²) in [5.41, 5.74) is 3.42. The molecule has 2 aromatic heterocycles. The van der Waals surface area contributed by atoms with Gasteiger partial charge < -0.3 is 10.6 Å². The first-order valence-corrected chi connectivity index (χ1v) is 12.1. The molecule has 4 N–H and O–H groups in total. The van der Waals surface area contributed by atoms with E-state index in [1.165, 1.54) is 30.0 Å². The first kappa shape index (κ1) is 25.1. The molecule has 0 saturated heterocycles. The van der Waals surface area contributed by atoms with Crippen LogP contribution in [0.25, 0.3) is 0 Å². The van der Waals surface area contributed by atoms with E-state index in [0.717, 1.165) is 5.56 Å². The molecule has 182 valence electrons. The molecule has 1 aromatic carbocycles. The minimum absolute atomic E-state index is 0.0413.